The van der Waals surface area contributed by atoms with Gasteiger partial charge in [-0.1, -0.05) is 13.2 Å². The van der Waals surface area contributed by atoms with Crippen molar-refractivity contribution in [1.82, 2.24) is 0 Å². The maximum absolute atomic E-state index is 12.7. The Morgan fingerprint density at radius 1 is 0.955 bits per heavy atom. The van der Waals surface area contributed by atoms with Crippen molar-refractivity contribution in [1.29, 1.82) is 0 Å². The lowest BCUT2D eigenvalue weighted by Crippen LogP contribution is -2.55. The van der Waals surface area contributed by atoms with Gasteiger partial charge in [-0.15, -0.1) is 0 Å². The van der Waals surface area contributed by atoms with Gasteiger partial charge in [0.2, 0.25) is 0 Å². The van der Waals surface area contributed by atoms with Gasteiger partial charge >= 0.3 is 0 Å². The molecule has 0 aromatic heterocycles. The van der Waals surface area contributed by atoms with E-state index in [-0.39, 0.29) is 17.1 Å². The van der Waals surface area contributed by atoms with Crippen LogP contribution in [0.5, 0.6) is 0 Å². The average molecular weight is 302 g/mol. The molecule has 0 saturated heterocycles. The van der Waals surface area contributed by atoms with Gasteiger partial charge in [-0.2, -0.15) is 0 Å². The van der Waals surface area contributed by atoms with E-state index in [4.69, 9.17) is 0 Å². The number of hydrogen-bond donors (Lipinski definition) is 1. The smallest absolute Gasteiger partial charge is 0.197 e. The summed E-state index contributed by atoms with van der Waals surface area (Å²) in [6.07, 6.45) is 5.47. The second-order valence-corrected chi connectivity index (χ2v) is 7.74. The van der Waals surface area contributed by atoms with Crippen LogP contribution >= 0.6 is 0 Å². The summed E-state index contributed by atoms with van der Waals surface area (Å²) in [6.45, 7) is 10.5. The van der Waals surface area contributed by atoms with E-state index >= 15 is 0 Å². The third kappa shape index (κ3) is 1.98. The molecule has 0 spiro atoms. The van der Waals surface area contributed by atoms with Crippen molar-refractivity contribution < 1.29 is 14.7 Å². The molecule has 3 aliphatic carbocycles. The molecule has 0 heterocycles. The second-order valence-electron chi connectivity index (χ2n) is 7.74. The zero-order valence-corrected chi connectivity index (χ0v) is 13.6. The predicted molar refractivity (Wildman–Crippen MR) is 85.1 cm³/mol. The Labute approximate surface area is 132 Å². The van der Waals surface area contributed by atoms with Gasteiger partial charge in [-0.05, 0) is 80.8 Å². The van der Waals surface area contributed by atoms with Gasteiger partial charge in [-0.3, -0.25) is 9.59 Å². The minimum atomic E-state index is -1.94. The van der Waals surface area contributed by atoms with Crippen LogP contribution in [0.25, 0.3) is 0 Å². The third-order valence-corrected chi connectivity index (χ3v) is 6.44. The minimum absolute atomic E-state index is 0.253. The molecule has 3 heteroatoms. The Balaban J connectivity index is 2.00. The Morgan fingerprint density at radius 3 is 2.05 bits per heavy atom. The van der Waals surface area contributed by atoms with Gasteiger partial charge in [0.25, 0.3) is 0 Å². The fourth-order valence-electron chi connectivity index (χ4n) is 5.65. The van der Waals surface area contributed by atoms with Crippen molar-refractivity contribution in [3.8, 4) is 0 Å². The molecule has 3 aliphatic rings. The lowest BCUT2D eigenvalue weighted by Gasteiger charge is -2.38. The Bertz CT molecular complexity index is 533. The molecular formula is C19H26O3. The first-order valence-corrected chi connectivity index (χ1v) is 8.41. The molecule has 120 valence electrons. The molecule has 0 radical (unpaired) electrons. The minimum Gasteiger partial charge on any atom is -0.374 e. The number of hydrogen-bond acceptors (Lipinski definition) is 3. The lowest BCUT2D eigenvalue weighted by atomic mass is 9.67. The van der Waals surface area contributed by atoms with Crippen LogP contribution in [0.1, 0.15) is 46.0 Å². The number of Topliss-reactive ketones (excluding diaryl/α,β-unsaturated/α-hetero) is 2. The van der Waals surface area contributed by atoms with Crippen LogP contribution in [0.2, 0.25) is 0 Å². The fourth-order valence-corrected chi connectivity index (χ4v) is 5.65. The summed E-state index contributed by atoms with van der Waals surface area (Å²) in [7, 11) is 0. The van der Waals surface area contributed by atoms with Crippen molar-refractivity contribution in [2.24, 2.45) is 29.6 Å². The monoisotopic (exact) mass is 302 g/mol. The molecule has 5 unspecified atom stereocenters. The van der Waals surface area contributed by atoms with E-state index in [9.17, 15) is 14.7 Å². The summed E-state index contributed by atoms with van der Waals surface area (Å²) in [5, 5.41) is 11.2. The number of ketones is 2. The van der Waals surface area contributed by atoms with Crippen LogP contribution in [0, 0.1) is 29.6 Å². The van der Waals surface area contributed by atoms with E-state index in [1.54, 1.807) is 13.8 Å². The summed E-state index contributed by atoms with van der Waals surface area (Å²) in [5.41, 5.74) is -1.44. The molecule has 5 atom stereocenters. The molecule has 22 heavy (non-hydrogen) atoms. The number of fused-ring (bicyclic) bond motifs is 5. The summed E-state index contributed by atoms with van der Waals surface area (Å²) < 4.78 is 0. The van der Waals surface area contributed by atoms with E-state index in [0.717, 1.165) is 18.8 Å². The highest BCUT2D eigenvalue weighted by atomic mass is 16.3. The van der Waals surface area contributed by atoms with Crippen LogP contribution in [0.3, 0.4) is 0 Å². The van der Waals surface area contributed by atoms with E-state index in [2.05, 4.69) is 13.2 Å². The van der Waals surface area contributed by atoms with Crippen molar-refractivity contribution in [2.45, 2.75) is 51.6 Å². The van der Waals surface area contributed by atoms with Gasteiger partial charge in [0.1, 0.15) is 0 Å². The Kier molecular flexibility index (Phi) is 3.67. The molecule has 0 amide bonds. The molecule has 0 aliphatic heterocycles. The summed E-state index contributed by atoms with van der Waals surface area (Å²) >= 11 is 0. The summed E-state index contributed by atoms with van der Waals surface area (Å²) in [4.78, 5) is 25.4. The van der Waals surface area contributed by atoms with Crippen molar-refractivity contribution in [2.75, 3.05) is 0 Å². The largest absolute Gasteiger partial charge is 0.374 e. The van der Waals surface area contributed by atoms with E-state index in [1.807, 2.05) is 0 Å². The van der Waals surface area contributed by atoms with Crippen LogP contribution in [-0.4, -0.2) is 22.3 Å². The van der Waals surface area contributed by atoms with Crippen molar-refractivity contribution >= 4 is 11.6 Å². The number of carbonyl (C=O) groups is 2. The van der Waals surface area contributed by atoms with Crippen LogP contribution < -0.4 is 0 Å². The maximum Gasteiger partial charge on any atom is 0.197 e. The van der Waals surface area contributed by atoms with Crippen LogP contribution in [0.15, 0.2) is 24.3 Å². The Hall–Kier alpha value is -1.22. The third-order valence-electron chi connectivity index (χ3n) is 6.44. The first kappa shape index (κ1) is 15.7. The summed E-state index contributed by atoms with van der Waals surface area (Å²) in [5.74, 6) is 0.944. The first-order chi connectivity index (χ1) is 10.3. The highest BCUT2D eigenvalue weighted by Crippen LogP contribution is 2.62. The maximum atomic E-state index is 12.7. The lowest BCUT2D eigenvalue weighted by molar-refractivity contribution is -0.155. The van der Waals surface area contributed by atoms with Crippen molar-refractivity contribution in [3.63, 3.8) is 0 Å². The second kappa shape index (κ2) is 5.16. The molecular weight excluding hydrogens is 276 g/mol. The standard InChI is InChI=1S/C19H26O3/c1-10(2)17(20)19(22,18(21)11(3)4)15-8-7-14-12-5-6-13(9-12)16(14)15/h12-16,22H,1,3,5-9H2,2,4H3. The van der Waals surface area contributed by atoms with E-state index < -0.39 is 17.2 Å². The Morgan fingerprint density at radius 2 is 1.50 bits per heavy atom. The van der Waals surface area contributed by atoms with Gasteiger partial charge in [0.05, 0.1) is 0 Å². The molecule has 0 aromatic rings. The summed E-state index contributed by atoms with van der Waals surface area (Å²) in [6, 6.07) is 0. The van der Waals surface area contributed by atoms with Gasteiger partial charge in [-0.25, -0.2) is 0 Å². The van der Waals surface area contributed by atoms with Crippen molar-refractivity contribution in [3.05, 3.63) is 24.3 Å². The molecule has 3 nitrogen and oxygen atoms in total. The number of rotatable bonds is 5. The fraction of sp³-hybridized carbons (Fsp3) is 0.684. The molecule has 2 bridgehead atoms. The molecule has 0 aromatic carbocycles. The van der Waals surface area contributed by atoms with Gasteiger partial charge in [0.15, 0.2) is 17.2 Å². The van der Waals surface area contributed by atoms with E-state index in [0.29, 0.717) is 17.8 Å². The quantitative estimate of drug-likeness (QED) is 0.627. The highest BCUT2D eigenvalue weighted by Gasteiger charge is 2.62. The molecule has 1 N–H and O–H groups in total. The van der Waals surface area contributed by atoms with E-state index in [1.165, 1.54) is 19.3 Å². The topological polar surface area (TPSA) is 54.4 Å². The predicted octanol–water partition coefficient (Wildman–Crippen LogP) is 3.08. The normalized spacial score (nSPS) is 36.2. The molecule has 3 saturated carbocycles. The van der Waals surface area contributed by atoms with Gasteiger partial charge < -0.3 is 5.11 Å². The molecule has 3 fully saturated rings. The van der Waals surface area contributed by atoms with Gasteiger partial charge in [0, 0.05) is 5.92 Å². The zero-order chi connectivity index (χ0) is 16.2. The first-order valence-electron chi connectivity index (χ1n) is 8.41. The zero-order valence-electron chi connectivity index (χ0n) is 13.6. The number of aliphatic hydroxyl groups is 1. The van der Waals surface area contributed by atoms with Crippen LogP contribution in [0.4, 0.5) is 0 Å². The number of carbonyl (C=O) groups excluding carboxylic acids is 2. The highest BCUT2D eigenvalue weighted by molar-refractivity contribution is 6.21. The molecule has 3 rings (SSSR count). The SMILES string of the molecule is C=C(C)C(=O)C(O)(C(=O)C(=C)C)C1CCC2C3CCC(C3)C21. The van der Waals surface area contributed by atoms with Crippen LogP contribution in [-0.2, 0) is 9.59 Å². The average Bonchev–Trinajstić information content (AvgIpc) is 3.16.